The van der Waals surface area contributed by atoms with Crippen molar-refractivity contribution in [3.63, 3.8) is 0 Å². The molecule has 0 radical (unpaired) electrons. The van der Waals surface area contributed by atoms with Gasteiger partial charge in [-0.1, -0.05) is 0 Å². The van der Waals surface area contributed by atoms with Crippen molar-refractivity contribution in [2.45, 2.75) is 4.90 Å². The first kappa shape index (κ1) is 17.5. The first-order chi connectivity index (χ1) is 9.43. The van der Waals surface area contributed by atoms with Gasteiger partial charge in [0, 0.05) is 31.8 Å². The van der Waals surface area contributed by atoms with E-state index in [0.29, 0.717) is 0 Å². The summed E-state index contributed by atoms with van der Waals surface area (Å²) < 4.78 is 49.4. The lowest BCUT2D eigenvalue weighted by atomic mass is 10.3. The van der Waals surface area contributed by atoms with Crippen LogP contribution in [-0.4, -0.2) is 53.2 Å². The molecule has 0 aliphatic rings. The SMILES string of the molecule is COCCN(CCOC)S(=O)(=O)c1ccc(F)cc1Br. The van der Waals surface area contributed by atoms with Crippen LogP contribution in [0, 0.1) is 5.82 Å². The highest BCUT2D eigenvalue weighted by atomic mass is 79.9. The van der Waals surface area contributed by atoms with Gasteiger partial charge in [-0.3, -0.25) is 0 Å². The molecule has 0 unspecified atom stereocenters. The first-order valence-corrected chi connectivity index (χ1v) is 8.10. The second kappa shape index (κ2) is 8.04. The molecule has 0 heterocycles. The Labute approximate surface area is 126 Å². The Bertz CT molecular complexity index is 530. The van der Waals surface area contributed by atoms with Gasteiger partial charge in [0.25, 0.3) is 0 Å². The van der Waals surface area contributed by atoms with Crippen molar-refractivity contribution >= 4 is 26.0 Å². The summed E-state index contributed by atoms with van der Waals surface area (Å²) in [6.07, 6.45) is 0. The summed E-state index contributed by atoms with van der Waals surface area (Å²) in [7, 11) is -0.743. The molecule has 0 aromatic heterocycles. The van der Waals surface area contributed by atoms with Crippen molar-refractivity contribution in [3.05, 3.63) is 28.5 Å². The predicted molar refractivity (Wildman–Crippen MR) is 76.6 cm³/mol. The molecule has 0 spiro atoms. The zero-order valence-electron chi connectivity index (χ0n) is 11.3. The van der Waals surface area contributed by atoms with Crippen LogP contribution >= 0.6 is 15.9 Å². The fourth-order valence-electron chi connectivity index (χ4n) is 1.56. The molecule has 20 heavy (non-hydrogen) atoms. The summed E-state index contributed by atoms with van der Waals surface area (Å²) >= 11 is 3.08. The molecule has 1 rings (SSSR count). The number of sulfonamides is 1. The predicted octanol–water partition coefficient (Wildman–Crippen LogP) is 1.87. The van der Waals surface area contributed by atoms with Crippen molar-refractivity contribution in [1.29, 1.82) is 0 Å². The van der Waals surface area contributed by atoms with Crippen LogP contribution < -0.4 is 0 Å². The quantitative estimate of drug-likeness (QED) is 0.701. The van der Waals surface area contributed by atoms with Crippen LogP contribution in [0.2, 0.25) is 0 Å². The maximum absolute atomic E-state index is 13.1. The minimum absolute atomic E-state index is 0.0195. The Morgan fingerprint density at radius 1 is 1.20 bits per heavy atom. The van der Waals surface area contributed by atoms with Gasteiger partial charge in [0.1, 0.15) is 5.82 Å². The molecule has 5 nitrogen and oxygen atoms in total. The van der Waals surface area contributed by atoms with Crippen molar-refractivity contribution in [2.75, 3.05) is 40.5 Å². The summed E-state index contributed by atoms with van der Waals surface area (Å²) in [6.45, 7) is 0.932. The Morgan fingerprint density at radius 3 is 2.20 bits per heavy atom. The monoisotopic (exact) mass is 369 g/mol. The van der Waals surface area contributed by atoms with Crippen molar-refractivity contribution < 1.29 is 22.3 Å². The summed E-state index contributed by atoms with van der Waals surface area (Å²) in [4.78, 5) is 0.0195. The minimum atomic E-state index is -3.73. The molecule has 0 aliphatic heterocycles. The van der Waals surface area contributed by atoms with E-state index in [4.69, 9.17) is 9.47 Å². The lowest BCUT2D eigenvalue weighted by molar-refractivity contribution is 0.150. The number of rotatable bonds is 8. The number of ether oxygens (including phenoxy) is 2. The second-order valence-electron chi connectivity index (χ2n) is 3.96. The lowest BCUT2D eigenvalue weighted by Crippen LogP contribution is -2.36. The molecule has 0 saturated carbocycles. The van der Waals surface area contributed by atoms with E-state index in [-0.39, 0.29) is 35.7 Å². The van der Waals surface area contributed by atoms with Gasteiger partial charge in [0.15, 0.2) is 0 Å². The maximum atomic E-state index is 13.1. The Balaban J connectivity index is 3.07. The Hall–Kier alpha value is -0.540. The molecule has 0 bridgehead atoms. The summed E-state index contributed by atoms with van der Waals surface area (Å²) in [5.74, 6) is -0.504. The Morgan fingerprint density at radius 2 is 1.75 bits per heavy atom. The normalized spacial score (nSPS) is 12.1. The highest BCUT2D eigenvalue weighted by molar-refractivity contribution is 9.10. The number of nitrogens with zero attached hydrogens (tertiary/aromatic N) is 1. The fraction of sp³-hybridized carbons (Fsp3) is 0.500. The number of hydrogen-bond acceptors (Lipinski definition) is 4. The van der Waals surface area contributed by atoms with Gasteiger partial charge in [0.05, 0.1) is 18.1 Å². The molecule has 0 fully saturated rings. The summed E-state index contributed by atoms with van der Waals surface area (Å²) in [5.41, 5.74) is 0. The van der Waals surface area contributed by atoms with Gasteiger partial charge < -0.3 is 9.47 Å². The van der Waals surface area contributed by atoms with Gasteiger partial charge in [-0.2, -0.15) is 4.31 Å². The molecule has 0 aliphatic carbocycles. The van der Waals surface area contributed by atoms with Crippen molar-refractivity contribution in [2.24, 2.45) is 0 Å². The molecule has 114 valence electrons. The minimum Gasteiger partial charge on any atom is -0.383 e. The molecule has 8 heteroatoms. The summed E-state index contributed by atoms with van der Waals surface area (Å²) in [6, 6.07) is 3.47. The highest BCUT2D eigenvalue weighted by Gasteiger charge is 2.26. The molecule has 0 amide bonds. The Kier molecular flexibility index (Phi) is 7.04. The van der Waals surface area contributed by atoms with Crippen molar-refractivity contribution in [3.8, 4) is 0 Å². The molecular weight excluding hydrogens is 353 g/mol. The van der Waals surface area contributed by atoms with E-state index < -0.39 is 15.8 Å². The van der Waals surface area contributed by atoms with Crippen LogP contribution in [0.25, 0.3) is 0 Å². The van der Waals surface area contributed by atoms with Crippen LogP contribution in [0.5, 0.6) is 0 Å². The molecule has 0 saturated heterocycles. The number of halogens is 2. The van der Waals surface area contributed by atoms with Crippen molar-refractivity contribution in [1.82, 2.24) is 4.31 Å². The maximum Gasteiger partial charge on any atom is 0.244 e. The number of methoxy groups -OCH3 is 2. The average Bonchev–Trinajstić information content (AvgIpc) is 2.38. The van der Waals surface area contributed by atoms with Crippen LogP contribution in [0.3, 0.4) is 0 Å². The van der Waals surface area contributed by atoms with E-state index in [1.807, 2.05) is 0 Å². The molecular formula is C12H17BrFNO4S. The van der Waals surface area contributed by atoms with Gasteiger partial charge in [-0.05, 0) is 34.1 Å². The largest absolute Gasteiger partial charge is 0.383 e. The van der Waals surface area contributed by atoms with E-state index in [1.165, 1.54) is 24.6 Å². The van der Waals surface area contributed by atoms with Crippen LogP contribution in [0.1, 0.15) is 0 Å². The van der Waals surface area contributed by atoms with Crippen LogP contribution in [-0.2, 0) is 19.5 Å². The van der Waals surface area contributed by atoms with Gasteiger partial charge >= 0.3 is 0 Å². The van der Waals surface area contributed by atoms with Gasteiger partial charge in [-0.15, -0.1) is 0 Å². The van der Waals surface area contributed by atoms with E-state index in [0.717, 1.165) is 12.1 Å². The number of hydrogen-bond donors (Lipinski definition) is 0. The van der Waals surface area contributed by atoms with E-state index in [2.05, 4.69) is 15.9 Å². The molecule has 1 aromatic carbocycles. The van der Waals surface area contributed by atoms with Crippen LogP contribution in [0.4, 0.5) is 4.39 Å². The molecule has 1 aromatic rings. The zero-order chi connectivity index (χ0) is 15.2. The third-order valence-electron chi connectivity index (χ3n) is 2.60. The third-order valence-corrected chi connectivity index (χ3v) is 5.48. The second-order valence-corrected chi connectivity index (χ2v) is 6.73. The van der Waals surface area contributed by atoms with E-state index >= 15 is 0 Å². The van der Waals surface area contributed by atoms with E-state index in [1.54, 1.807) is 0 Å². The van der Waals surface area contributed by atoms with E-state index in [9.17, 15) is 12.8 Å². The number of benzene rings is 1. The standard InChI is InChI=1S/C12H17BrFNO4S/c1-18-7-5-15(6-8-19-2)20(16,17)12-4-3-10(14)9-11(12)13/h3-4,9H,5-8H2,1-2H3. The average molecular weight is 370 g/mol. The van der Waals surface area contributed by atoms with Gasteiger partial charge in [-0.25, -0.2) is 12.8 Å². The smallest absolute Gasteiger partial charge is 0.244 e. The topological polar surface area (TPSA) is 55.8 Å². The molecule has 0 atom stereocenters. The first-order valence-electron chi connectivity index (χ1n) is 5.86. The highest BCUT2D eigenvalue weighted by Crippen LogP contribution is 2.25. The summed E-state index contributed by atoms with van der Waals surface area (Å²) in [5, 5.41) is 0. The van der Waals surface area contributed by atoms with Gasteiger partial charge in [0.2, 0.25) is 10.0 Å². The fourth-order valence-corrected chi connectivity index (χ4v) is 3.98. The lowest BCUT2D eigenvalue weighted by Gasteiger charge is -2.22. The molecule has 0 N–H and O–H groups in total. The zero-order valence-corrected chi connectivity index (χ0v) is 13.7. The van der Waals surface area contributed by atoms with Crippen LogP contribution in [0.15, 0.2) is 27.6 Å². The third kappa shape index (κ3) is 4.49.